The van der Waals surface area contributed by atoms with Crippen LogP contribution < -0.4 is 0 Å². The summed E-state index contributed by atoms with van der Waals surface area (Å²) in [5, 5.41) is 23.4. The SMILES string of the molecule is O[C@H]1CC2(CCC2)[C@@H](O)c2nc(C3CCOCC3)c3c(c21)C1(CCOCC1)O[C@@H]3c1ccc(C(F)(F)F)cc1. The number of alkyl halides is 3. The molecule has 0 unspecified atom stereocenters. The predicted molar refractivity (Wildman–Crippen MR) is 134 cm³/mol. The molecular formula is C30H34F3NO5. The third-order valence-corrected chi connectivity index (χ3v) is 9.96. The molecule has 2 aliphatic carbocycles. The zero-order chi connectivity index (χ0) is 27.0. The van der Waals surface area contributed by atoms with Crippen LogP contribution in [0.25, 0.3) is 0 Å². The minimum Gasteiger partial charge on any atom is -0.388 e. The van der Waals surface area contributed by atoms with Gasteiger partial charge in [0.25, 0.3) is 0 Å². The number of fused-ring (bicyclic) bond motifs is 4. The summed E-state index contributed by atoms with van der Waals surface area (Å²) in [6.07, 6.45) is -0.737. The van der Waals surface area contributed by atoms with Crippen molar-refractivity contribution in [1.29, 1.82) is 0 Å². The molecule has 4 heterocycles. The van der Waals surface area contributed by atoms with Gasteiger partial charge in [0.15, 0.2) is 0 Å². The Balaban J connectivity index is 1.45. The summed E-state index contributed by atoms with van der Waals surface area (Å²) in [7, 11) is 0. The average molecular weight is 546 g/mol. The van der Waals surface area contributed by atoms with Crippen LogP contribution >= 0.6 is 0 Å². The van der Waals surface area contributed by atoms with Crippen LogP contribution in [-0.2, 0) is 26.0 Å². The number of halogens is 3. The van der Waals surface area contributed by atoms with E-state index in [1.807, 2.05) is 0 Å². The highest BCUT2D eigenvalue weighted by molar-refractivity contribution is 5.55. The van der Waals surface area contributed by atoms with E-state index in [0.717, 1.165) is 61.1 Å². The maximum Gasteiger partial charge on any atom is 0.416 e. The molecule has 5 aliphatic rings. The zero-order valence-corrected chi connectivity index (χ0v) is 21.8. The maximum atomic E-state index is 13.4. The van der Waals surface area contributed by atoms with Crippen LogP contribution in [0.15, 0.2) is 24.3 Å². The van der Waals surface area contributed by atoms with Crippen molar-refractivity contribution in [3.8, 4) is 0 Å². The Morgan fingerprint density at radius 1 is 0.846 bits per heavy atom. The number of aliphatic hydroxyl groups is 2. The lowest BCUT2D eigenvalue weighted by atomic mass is 9.57. The molecule has 2 spiro atoms. The Labute approximate surface area is 225 Å². The molecule has 6 nitrogen and oxygen atoms in total. The molecule has 39 heavy (non-hydrogen) atoms. The summed E-state index contributed by atoms with van der Waals surface area (Å²) in [6, 6.07) is 5.20. The minimum absolute atomic E-state index is 0.0666. The molecule has 3 aliphatic heterocycles. The van der Waals surface area contributed by atoms with Crippen LogP contribution in [0.4, 0.5) is 13.2 Å². The molecular weight excluding hydrogens is 511 g/mol. The largest absolute Gasteiger partial charge is 0.416 e. The number of pyridine rings is 1. The van der Waals surface area contributed by atoms with E-state index in [2.05, 4.69) is 0 Å². The molecule has 1 aromatic carbocycles. The highest BCUT2D eigenvalue weighted by Crippen LogP contribution is 2.63. The molecule has 7 rings (SSSR count). The number of aromatic nitrogens is 1. The lowest BCUT2D eigenvalue weighted by Gasteiger charge is -2.51. The van der Waals surface area contributed by atoms with Gasteiger partial charge in [-0.15, -0.1) is 0 Å². The van der Waals surface area contributed by atoms with Crippen molar-refractivity contribution in [3.63, 3.8) is 0 Å². The molecule has 3 atom stereocenters. The molecule has 0 amide bonds. The fourth-order valence-corrected chi connectivity index (χ4v) is 7.73. The van der Waals surface area contributed by atoms with Gasteiger partial charge in [-0.1, -0.05) is 18.6 Å². The van der Waals surface area contributed by atoms with Gasteiger partial charge in [-0.25, -0.2) is 0 Å². The van der Waals surface area contributed by atoms with Gasteiger partial charge < -0.3 is 24.4 Å². The van der Waals surface area contributed by atoms with Crippen molar-refractivity contribution in [2.75, 3.05) is 26.4 Å². The highest BCUT2D eigenvalue weighted by Gasteiger charge is 2.56. The highest BCUT2D eigenvalue weighted by atomic mass is 19.4. The Morgan fingerprint density at radius 3 is 2.13 bits per heavy atom. The number of hydrogen-bond donors (Lipinski definition) is 2. The summed E-state index contributed by atoms with van der Waals surface area (Å²) in [6.45, 7) is 2.15. The molecule has 1 saturated carbocycles. The Hall–Kier alpha value is -2.04. The van der Waals surface area contributed by atoms with Crippen molar-refractivity contribution < 1.29 is 37.6 Å². The second-order valence-electron chi connectivity index (χ2n) is 12.0. The van der Waals surface area contributed by atoms with Crippen LogP contribution in [0.1, 0.15) is 115 Å². The normalized spacial score (nSPS) is 29.7. The number of hydrogen-bond acceptors (Lipinski definition) is 6. The van der Waals surface area contributed by atoms with E-state index in [-0.39, 0.29) is 11.3 Å². The molecule has 3 fully saturated rings. The quantitative estimate of drug-likeness (QED) is 0.500. The first-order valence-corrected chi connectivity index (χ1v) is 14.2. The number of benzene rings is 1. The van der Waals surface area contributed by atoms with Gasteiger partial charge in [0.2, 0.25) is 0 Å². The van der Waals surface area contributed by atoms with E-state index >= 15 is 0 Å². The predicted octanol–water partition coefficient (Wildman–Crippen LogP) is 5.76. The summed E-state index contributed by atoms with van der Waals surface area (Å²) >= 11 is 0. The standard InChI is InChI=1S/C30H34F3NO5/c31-30(32,33)19-4-2-18(3-5-19)26-22-23(29(39-26)10-14-38-15-11-29)21-20(35)16-28(8-1-9-28)27(36)25(21)34-24(22)17-6-12-37-13-7-17/h2-5,17,20,26-27,35-36H,1,6-16H2/t20-,26+,27-/m0/s1. The van der Waals surface area contributed by atoms with Gasteiger partial charge in [0.05, 0.1) is 28.7 Å². The van der Waals surface area contributed by atoms with Crippen LogP contribution in [-0.4, -0.2) is 41.6 Å². The van der Waals surface area contributed by atoms with E-state index in [9.17, 15) is 23.4 Å². The third kappa shape index (κ3) is 3.99. The molecule has 210 valence electrons. The van der Waals surface area contributed by atoms with Gasteiger partial charge in [0, 0.05) is 61.7 Å². The second kappa shape index (κ2) is 9.24. The minimum atomic E-state index is -4.43. The van der Waals surface area contributed by atoms with Crippen molar-refractivity contribution in [2.24, 2.45) is 5.41 Å². The molecule has 2 saturated heterocycles. The van der Waals surface area contributed by atoms with Gasteiger partial charge in [0.1, 0.15) is 12.2 Å². The van der Waals surface area contributed by atoms with Gasteiger partial charge in [-0.3, -0.25) is 4.98 Å². The third-order valence-electron chi connectivity index (χ3n) is 9.96. The van der Waals surface area contributed by atoms with E-state index < -0.39 is 35.7 Å². The molecule has 0 radical (unpaired) electrons. The number of aliphatic hydroxyl groups excluding tert-OH is 2. The van der Waals surface area contributed by atoms with Crippen molar-refractivity contribution in [3.05, 3.63) is 63.5 Å². The van der Waals surface area contributed by atoms with E-state index in [0.29, 0.717) is 62.5 Å². The lowest BCUT2D eigenvalue weighted by Crippen LogP contribution is -2.43. The smallest absolute Gasteiger partial charge is 0.388 e. The first-order valence-electron chi connectivity index (χ1n) is 14.2. The Kier molecular flexibility index (Phi) is 6.14. The van der Waals surface area contributed by atoms with Crippen LogP contribution in [0, 0.1) is 5.41 Å². The topological polar surface area (TPSA) is 81.0 Å². The zero-order valence-electron chi connectivity index (χ0n) is 21.8. The van der Waals surface area contributed by atoms with Crippen LogP contribution in [0.3, 0.4) is 0 Å². The first kappa shape index (κ1) is 25.9. The average Bonchev–Trinajstić information content (AvgIpc) is 3.23. The summed E-state index contributed by atoms with van der Waals surface area (Å²) in [5.74, 6) is 0.0666. The fourth-order valence-electron chi connectivity index (χ4n) is 7.73. The number of ether oxygens (including phenoxy) is 3. The monoisotopic (exact) mass is 545 g/mol. The van der Waals surface area contributed by atoms with E-state index in [1.54, 1.807) is 0 Å². The number of nitrogens with zero attached hydrogens (tertiary/aromatic N) is 1. The Morgan fingerprint density at radius 2 is 1.51 bits per heavy atom. The molecule has 1 aromatic heterocycles. The molecule has 2 aromatic rings. The Bertz CT molecular complexity index is 1250. The van der Waals surface area contributed by atoms with Crippen molar-refractivity contribution in [1.82, 2.24) is 4.98 Å². The molecule has 2 N–H and O–H groups in total. The van der Waals surface area contributed by atoms with Crippen molar-refractivity contribution >= 4 is 0 Å². The first-order chi connectivity index (χ1) is 18.7. The summed E-state index contributed by atoms with van der Waals surface area (Å²) in [5.41, 5.74) is 2.63. The molecule has 9 heteroatoms. The lowest BCUT2D eigenvalue weighted by molar-refractivity contribution is -0.137. The van der Waals surface area contributed by atoms with Gasteiger partial charge >= 0.3 is 6.18 Å². The van der Waals surface area contributed by atoms with Crippen molar-refractivity contribution in [2.45, 2.75) is 87.4 Å². The van der Waals surface area contributed by atoms with Gasteiger partial charge in [-0.05, 0) is 55.4 Å². The summed E-state index contributed by atoms with van der Waals surface area (Å²) in [4.78, 5) is 5.17. The van der Waals surface area contributed by atoms with E-state index in [4.69, 9.17) is 19.2 Å². The van der Waals surface area contributed by atoms with Gasteiger partial charge in [-0.2, -0.15) is 13.2 Å². The number of rotatable bonds is 2. The van der Waals surface area contributed by atoms with Crippen LogP contribution in [0.2, 0.25) is 0 Å². The molecule has 0 bridgehead atoms. The maximum absolute atomic E-state index is 13.4. The summed E-state index contributed by atoms with van der Waals surface area (Å²) < 4.78 is 58.4. The van der Waals surface area contributed by atoms with Crippen LogP contribution in [0.5, 0.6) is 0 Å². The second-order valence-corrected chi connectivity index (χ2v) is 12.0. The van der Waals surface area contributed by atoms with E-state index in [1.165, 1.54) is 12.1 Å². The fraction of sp³-hybridized carbons (Fsp3) is 0.633.